The van der Waals surface area contributed by atoms with Crippen molar-refractivity contribution in [2.75, 3.05) is 6.61 Å². The van der Waals surface area contributed by atoms with Crippen LogP contribution in [0.25, 0.3) is 0 Å². The fourth-order valence-electron chi connectivity index (χ4n) is 4.15. The second-order valence-corrected chi connectivity index (χ2v) is 24.4. The van der Waals surface area contributed by atoms with Gasteiger partial charge in [0.15, 0.2) is 16.6 Å². The summed E-state index contributed by atoms with van der Waals surface area (Å²) in [6.07, 6.45) is 0.891. The molecule has 0 spiro atoms. The first-order valence-corrected chi connectivity index (χ1v) is 20.5. The van der Waals surface area contributed by atoms with E-state index in [1.165, 1.54) is 0 Å². The lowest BCUT2D eigenvalue weighted by Gasteiger charge is -2.47. The normalized spacial score (nSPS) is 23.4. The highest BCUT2D eigenvalue weighted by molar-refractivity contribution is 7.86. The third-order valence-electron chi connectivity index (χ3n) is 8.48. The van der Waals surface area contributed by atoms with Gasteiger partial charge in [-0.2, -0.15) is 0 Å². The Hall–Kier alpha value is -1.07. The van der Waals surface area contributed by atoms with Crippen molar-refractivity contribution in [1.82, 2.24) is 0 Å². The zero-order valence-electron chi connectivity index (χ0n) is 25.0. The molecule has 1 fully saturated rings. The van der Waals surface area contributed by atoms with Crippen LogP contribution < -0.4 is 0 Å². The van der Waals surface area contributed by atoms with Crippen LogP contribution in [0, 0.1) is 5.92 Å². The van der Waals surface area contributed by atoms with E-state index in [1.807, 2.05) is 18.2 Å². The molecular weight excluding hydrogens is 517 g/mol. The smallest absolute Gasteiger partial charge is 0.322 e. The Bertz CT molecular complexity index is 963. The first-order chi connectivity index (χ1) is 16.8. The summed E-state index contributed by atoms with van der Waals surface area (Å²) in [5, 5.41) is -0.810. The maximum Gasteiger partial charge on any atom is 0.322 e. The quantitative estimate of drug-likeness (QED) is 0.176. The maximum atomic E-state index is 13.9. The molecule has 3 unspecified atom stereocenters. The molecule has 0 N–H and O–H groups in total. The Labute approximate surface area is 230 Å². The van der Waals surface area contributed by atoms with Crippen LogP contribution in [-0.2, 0) is 29.2 Å². The fraction of sp³-hybridized carbons (Fsp3) is 0.690. The van der Waals surface area contributed by atoms with Crippen LogP contribution in [0.4, 0.5) is 0 Å². The first kappa shape index (κ1) is 32.1. The van der Waals surface area contributed by atoms with Crippen molar-refractivity contribution in [1.29, 1.82) is 0 Å². The van der Waals surface area contributed by atoms with Crippen LogP contribution in [0.15, 0.2) is 47.4 Å². The highest BCUT2D eigenvalue weighted by atomic mass is 32.2. The van der Waals surface area contributed by atoms with Gasteiger partial charge in [-0.25, -0.2) is 0 Å². The molecule has 0 radical (unpaired) electrons. The van der Waals surface area contributed by atoms with E-state index in [0.29, 0.717) is 17.7 Å². The average molecular weight is 567 g/mol. The second kappa shape index (κ2) is 12.0. The van der Waals surface area contributed by atoms with Crippen LogP contribution in [0.3, 0.4) is 0 Å². The minimum atomic E-state index is -2.15. The number of hydrogen-bond acceptors (Lipinski definition) is 5. The summed E-state index contributed by atoms with van der Waals surface area (Å²) < 4.78 is 33.2. The van der Waals surface area contributed by atoms with Gasteiger partial charge in [0.2, 0.25) is 0 Å². The lowest BCUT2D eigenvalue weighted by atomic mass is 9.79. The molecule has 37 heavy (non-hydrogen) atoms. The molecule has 1 aromatic rings. The third-order valence-corrected chi connectivity index (χ3v) is 19.2. The van der Waals surface area contributed by atoms with Crippen molar-refractivity contribution in [3.8, 4) is 0 Å². The van der Waals surface area contributed by atoms with Crippen LogP contribution >= 0.6 is 0 Å². The second-order valence-electron chi connectivity index (χ2n) is 13.3. The summed E-state index contributed by atoms with van der Waals surface area (Å²) in [6.45, 7) is 28.8. The molecular formula is C29H50O5SSi2. The molecule has 1 aliphatic carbocycles. The molecule has 2 rings (SSSR count). The summed E-state index contributed by atoms with van der Waals surface area (Å²) in [5.41, 5.74) is 0.835. The van der Waals surface area contributed by atoms with E-state index >= 15 is 0 Å². The molecule has 8 heteroatoms. The Kier molecular flexibility index (Phi) is 10.4. The van der Waals surface area contributed by atoms with E-state index in [2.05, 4.69) is 74.3 Å². The largest absolute Gasteiger partial charge is 0.465 e. The van der Waals surface area contributed by atoms with Crippen molar-refractivity contribution in [3.05, 3.63) is 42.5 Å². The summed E-state index contributed by atoms with van der Waals surface area (Å²) >= 11 is 0. The first-order valence-electron chi connectivity index (χ1n) is 13.5. The number of carbonyl (C=O) groups is 1. The van der Waals surface area contributed by atoms with Crippen molar-refractivity contribution >= 4 is 33.4 Å². The van der Waals surface area contributed by atoms with Crippen LogP contribution in [0.5, 0.6) is 0 Å². The molecule has 0 aromatic heterocycles. The zero-order chi connectivity index (χ0) is 28.4. The van der Waals surface area contributed by atoms with Crippen molar-refractivity contribution in [3.63, 3.8) is 0 Å². The van der Waals surface area contributed by atoms with E-state index in [1.54, 1.807) is 19.1 Å². The van der Waals surface area contributed by atoms with Gasteiger partial charge in [0.25, 0.3) is 0 Å². The summed E-state index contributed by atoms with van der Waals surface area (Å²) in [7, 11) is -5.86. The van der Waals surface area contributed by atoms with Crippen LogP contribution in [0.1, 0.15) is 61.3 Å². The van der Waals surface area contributed by atoms with Gasteiger partial charge in [-0.1, -0.05) is 66.3 Å². The number of ether oxygens (including phenoxy) is 1. The summed E-state index contributed by atoms with van der Waals surface area (Å²) in [5.74, 6) is -0.826. The number of esters is 1. The van der Waals surface area contributed by atoms with Gasteiger partial charge in [-0.05, 0) is 67.3 Å². The zero-order valence-corrected chi connectivity index (χ0v) is 27.8. The van der Waals surface area contributed by atoms with Crippen molar-refractivity contribution in [2.24, 2.45) is 5.92 Å². The molecule has 210 valence electrons. The number of carbonyl (C=O) groups excluding carboxylic acids is 1. The molecule has 1 aromatic carbocycles. The molecule has 0 aliphatic heterocycles. The van der Waals surface area contributed by atoms with Gasteiger partial charge in [-0.15, -0.1) is 0 Å². The highest BCUT2D eigenvalue weighted by Gasteiger charge is 2.49. The lowest BCUT2D eigenvalue weighted by molar-refractivity contribution is -0.143. The van der Waals surface area contributed by atoms with E-state index in [0.717, 1.165) is 5.57 Å². The predicted molar refractivity (Wildman–Crippen MR) is 159 cm³/mol. The van der Waals surface area contributed by atoms with Crippen LogP contribution in [-0.4, -0.2) is 50.9 Å². The summed E-state index contributed by atoms with van der Waals surface area (Å²) in [4.78, 5) is 14.0. The third kappa shape index (κ3) is 7.75. The SMILES string of the molecule is C=C1C(C(C(=O)OCC)S(=O)c2ccccc2)C[C@@H](O[Si](C)(C)C(C)(C)C)C[C@@H]1O[Si](C)(C)C(C)(C)C. The van der Waals surface area contributed by atoms with Gasteiger partial charge in [0.05, 0.1) is 23.5 Å². The topological polar surface area (TPSA) is 61.8 Å². The molecule has 0 heterocycles. The van der Waals surface area contributed by atoms with E-state index < -0.39 is 38.7 Å². The van der Waals surface area contributed by atoms with Crippen LogP contribution in [0.2, 0.25) is 36.3 Å². The minimum absolute atomic E-state index is 0.0173. The highest BCUT2D eigenvalue weighted by Crippen LogP contribution is 2.45. The summed E-state index contributed by atoms with van der Waals surface area (Å²) in [6, 6.07) is 9.18. The van der Waals surface area contributed by atoms with Crippen molar-refractivity contribution < 1.29 is 22.6 Å². The van der Waals surface area contributed by atoms with Gasteiger partial charge in [0, 0.05) is 23.3 Å². The monoisotopic (exact) mass is 566 g/mol. The lowest BCUT2D eigenvalue weighted by Crippen LogP contribution is -2.52. The molecule has 1 saturated carbocycles. The standard InChI is InChI=1S/C29H50O5SSi2/c1-13-32-27(30)26(35(31)23-17-15-14-16-18-23)24-19-22(33-36(9,10)28(3,4)5)20-25(21(24)2)34-37(11,12)29(6,7)8/h14-18,22,24-26H,2,13,19-20H2,1,3-12H3/t22-,24?,25+,26?,35?/m1/s1. The molecule has 5 nitrogen and oxygen atoms in total. The number of benzene rings is 1. The fourth-order valence-corrected chi connectivity index (χ4v) is 8.39. The van der Waals surface area contributed by atoms with Crippen molar-refractivity contribution in [2.45, 2.75) is 120 Å². The van der Waals surface area contributed by atoms with Gasteiger partial charge >= 0.3 is 5.97 Å². The molecule has 5 atom stereocenters. The Morgan fingerprint density at radius 2 is 1.49 bits per heavy atom. The molecule has 0 bridgehead atoms. The maximum absolute atomic E-state index is 13.9. The van der Waals surface area contributed by atoms with E-state index in [-0.39, 0.29) is 34.8 Å². The molecule has 0 amide bonds. The van der Waals surface area contributed by atoms with Gasteiger partial charge in [-0.3, -0.25) is 9.00 Å². The van der Waals surface area contributed by atoms with Gasteiger partial charge in [0.1, 0.15) is 5.25 Å². The van der Waals surface area contributed by atoms with E-state index in [9.17, 15) is 9.00 Å². The minimum Gasteiger partial charge on any atom is -0.465 e. The van der Waals surface area contributed by atoms with Gasteiger partial charge < -0.3 is 13.6 Å². The number of rotatable bonds is 9. The molecule has 0 saturated heterocycles. The Morgan fingerprint density at radius 3 is 1.97 bits per heavy atom. The van der Waals surface area contributed by atoms with E-state index in [4.69, 9.17) is 13.6 Å². The average Bonchev–Trinajstić information content (AvgIpc) is 2.75. The molecule has 1 aliphatic rings. The Morgan fingerprint density at radius 1 is 0.973 bits per heavy atom. The predicted octanol–water partition coefficient (Wildman–Crippen LogP) is 7.47. The number of hydrogen-bond donors (Lipinski definition) is 0. The Balaban J connectivity index is 2.55.